The number of hydrogen-bond acceptors (Lipinski definition) is 3. The molecular formula is C18H21N5O2. The van der Waals surface area contributed by atoms with Crippen LogP contribution in [0, 0.1) is 0 Å². The van der Waals surface area contributed by atoms with E-state index in [9.17, 15) is 9.59 Å². The van der Waals surface area contributed by atoms with Crippen molar-refractivity contribution in [3.05, 3.63) is 52.7 Å². The van der Waals surface area contributed by atoms with Gasteiger partial charge in [0.05, 0.1) is 23.6 Å². The quantitative estimate of drug-likeness (QED) is 0.679. The molecule has 1 unspecified atom stereocenters. The Morgan fingerprint density at radius 3 is 2.92 bits per heavy atom. The number of aryl methyl sites for hydroxylation is 1. The fourth-order valence-electron chi connectivity index (χ4n) is 3.67. The SMILES string of the molecule is Cn1cccc1C1CCCN1CC(=O)Nc1ccc2[nH]c(=O)[nH]c2c1. The summed E-state index contributed by atoms with van der Waals surface area (Å²) in [5.74, 6) is -0.0432. The van der Waals surface area contributed by atoms with E-state index in [1.165, 1.54) is 5.69 Å². The van der Waals surface area contributed by atoms with Crippen LogP contribution in [-0.2, 0) is 11.8 Å². The summed E-state index contributed by atoms with van der Waals surface area (Å²) >= 11 is 0. The zero-order valence-electron chi connectivity index (χ0n) is 14.1. The molecule has 1 amide bonds. The summed E-state index contributed by atoms with van der Waals surface area (Å²) in [5, 5.41) is 2.93. The van der Waals surface area contributed by atoms with Gasteiger partial charge in [0.2, 0.25) is 5.91 Å². The van der Waals surface area contributed by atoms with Gasteiger partial charge in [-0.3, -0.25) is 9.69 Å². The lowest BCUT2D eigenvalue weighted by Crippen LogP contribution is -2.33. The number of carbonyl (C=O) groups excluding carboxylic acids is 1. The van der Waals surface area contributed by atoms with Crippen molar-refractivity contribution in [2.24, 2.45) is 7.05 Å². The molecule has 1 fully saturated rings. The third-order valence-electron chi connectivity index (χ3n) is 4.84. The number of aromatic amines is 2. The Morgan fingerprint density at radius 2 is 2.12 bits per heavy atom. The van der Waals surface area contributed by atoms with Crippen molar-refractivity contribution in [2.75, 3.05) is 18.4 Å². The minimum absolute atomic E-state index is 0.0432. The maximum Gasteiger partial charge on any atom is 0.323 e. The molecule has 1 atom stereocenters. The normalized spacial score (nSPS) is 18.0. The van der Waals surface area contributed by atoms with Crippen LogP contribution >= 0.6 is 0 Å². The number of benzene rings is 1. The number of anilines is 1. The number of H-pyrrole nitrogens is 2. The molecule has 0 spiro atoms. The molecule has 1 aromatic carbocycles. The summed E-state index contributed by atoms with van der Waals surface area (Å²) in [6, 6.07) is 9.79. The van der Waals surface area contributed by atoms with Crippen LogP contribution in [0.25, 0.3) is 11.0 Å². The smallest absolute Gasteiger partial charge is 0.323 e. The van der Waals surface area contributed by atoms with Crippen LogP contribution in [0.5, 0.6) is 0 Å². The number of nitrogens with zero attached hydrogens (tertiary/aromatic N) is 2. The third-order valence-corrected chi connectivity index (χ3v) is 4.84. The summed E-state index contributed by atoms with van der Waals surface area (Å²) in [4.78, 5) is 31.4. The molecule has 130 valence electrons. The summed E-state index contributed by atoms with van der Waals surface area (Å²) in [5.41, 5.74) is 3.09. The highest BCUT2D eigenvalue weighted by Gasteiger charge is 2.28. The van der Waals surface area contributed by atoms with Crippen LogP contribution in [0.2, 0.25) is 0 Å². The fraction of sp³-hybridized carbons (Fsp3) is 0.333. The maximum absolute atomic E-state index is 12.5. The fourth-order valence-corrected chi connectivity index (χ4v) is 3.67. The van der Waals surface area contributed by atoms with Crippen LogP contribution < -0.4 is 11.0 Å². The summed E-state index contributed by atoms with van der Waals surface area (Å²) < 4.78 is 2.12. The Bertz CT molecular complexity index is 967. The monoisotopic (exact) mass is 339 g/mol. The summed E-state index contributed by atoms with van der Waals surface area (Å²) in [7, 11) is 2.04. The number of imidazole rings is 1. The highest BCUT2D eigenvalue weighted by molar-refractivity contribution is 5.94. The molecule has 7 heteroatoms. The van der Waals surface area contributed by atoms with Gasteiger partial charge in [0, 0.05) is 24.6 Å². The predicted octanol–water partition coefficient (Wildman–Crippen LogP) is 1.97. The first-order chi connectivity index (χ1) is 12.1. The molecule has 0 bridgehead atoms. The number of likely N-dealkylation sites (tertiary alicyclic amines) is 1. The largest absolute Gasteiger partial charge is 0.353 e. The van der Waals surface area contributed by atoms with E-state index >= 15 is 0 Å². The van der Waals surface area contributed by atoms with Gasteiger partial charge in [-0.15, -0.1) is 0 Å². The Balaban J connectivity index is 1.45. The van der Waals surface area contributed by atoms with E-state index in [0.29, 0.717) is 17.7 Å². The Hall–Kier alpha value is -2.80. The molecule has 7 nitrogen and oxygen atoms in total. The second-order valence-corrected chi connectivity index (χ2v) is 6.56. The van der Waals surface area contributed by atoms with E-state index < -0.39 is 0 Å². The van der Waals surface area contributed by atoms with E-state index in [-0.39, 0.29) is 17.6 Å². The van der Waals surface area contributed by atoms with Crippen molar-refractivity contribution in [3.8, 4) is 0 Å². The average molecular weight is 339 g/mol. The van der Waals surface area contributed by atoms with E-state index in [0.717, 1.165) is 24.9 Å². The molecule has 3 heterocycles. The van der Waals surface area contributed by atoms with Gasteiger partial charge >= 0.3 is 5.69 Å². The highest BCUT2D eigenvalue weighted by atomic mass is 16.2. The van der Waals surface area contributed by atoms with Crippen LogP contribution in [0.4, 0.5) is 5.69 Å². The zero-order chi connectivity index (χ0) is 17.4. The van der Waals surface area contributed by atoms with E-state index in [1.807, 2.05) is 19.3 Å². The highest BCUT2D eigenvalue weighted by Crippen LogP contribution is 2.31. The second-order valence-electron chi connectivity index (χ2n) is 6.56. The van der Waals surface area contributed by atoms with Crippen molar-refractivity contribution < 1.29 is 4.79 Å². The molecule has 0 radical (unpaired) electrons. The van der Waals surface area contributed by atoms with Crippen LogP contribution in [0.1, 0.15) is 24.6 Å². The van der Waals surface area contributed by atoms with Crippen LogP contribution in [-0.4, -0.2) is 38.4 Å². The van der Waals surface area contributed by atoms with E-state index in [4.69, 9.17) is 0 Å². The van der Waals surface area contributed by atoms with Gasteiger partial charge in [0.15, 0.2) is 0 Å². The van der Waals surface area contributed by atoms with Gasteiger partial charge in [-0.05, 0) is 49.7 Å². The van der Waals surface area contributed by atoms with Crippen molar-refractivity contribution in [1.82, 2.24) is 19.4 Å². The first-order valence-electron chi connectivity index (χ1n) is 8.47. The standard InChI is InChI=1S/C18H21N5O2/c1-22-8-2-4-15(22)16-5-3-9-23(16)11-17(24)19-12-6-7-13-14(10-12)21-18(25)20-13/h2,4,6-8,10,16H,3,5,9,11H2,1H3,(H,19,24)(H2,20,21,25). The number of fused-ring (bicyclic) bond motifs is 1. The molecule has 1 aliphatic heterocycles. The number of amides is 1. The van der Waals surface area contributed by atoms with E-state index in [2.05, 4.69) is 30.8 Å². The van der Waals surface area contributed by atoms with Gasteiger partial charge in [0.25, 0.3) is 0 Å². The number of rotatable bonds is 4. The number of hydrogen-bond donors (Lipinski definition) is 3. The van der Waals surface area contributed by atoms with Crippen molar-refractivity contribution in [1.29, 1.82) is 0 Å². The summed E-state index contributed by atoms with van der Waals surface area (Å²) in [6.45, 7) is 1.28. The van der Waals surface area contributed by atoms with Crippen molar-refractivity contribution >= 4 is 22.6 Å². The minimum Gasteiger partial charge on any atom is -0.353 e. The second kappa shape index (κ2) is 6.25. The first kappa shape index (κ1) is 15.7. The van der Waals surface area contributed by atoms with E-state index in [1.54, 1.807) is 18.2 Å². The number of nitrogens with one attached hydrogen (secondary N) is 3. The molecule has 3 aromatic rings. The van der Waals surface area contributed by atoms with Gasteiger partial charge in [0.1, 0.15) is 0 Å². The number of carbonyl (C=O) groups is 1. The topological polar surface area (TPSA) is 85.9 Å². The molecular weight excluding hydrogens is 318 g/mol. The lowest BCUT2D eigenvalue weighted by atomic mass is 10.1. The lowest BCUT2D eigenvalue weighted by molar-refractivity contribution is -0.117. The zero-order valence-corrected chi connectivity index (χ0v) is 14.1. The van der Waals surface area contributed by atoms with Crippen molar-refractivity contribution in [3.63, 3.8) is 0 Å². The van der Waals surface area contributed by atoms with Gasteiger partial charge < -0.3 is 19.9 Å². The molecule has 1 saturated heterocycles. The van der Waals surface area contributed by atoms with Gasteiger partial charge in [-0.25, -0.2) is 4.79 Å². The summed E-state index contributed by atoms with van der Waals surface area (Å²) in [6.07, 6.45) is 4.21. The molecule has 1 aliphatic rings. The maximum atomic E-state index is 12.5. The number of aromatic nitrogens is 3. The first-order valence-corrected chi connectivity index (χ1v) is 8.47. The minimum atomic E-state index is -0.249. The average Bonchev–Trinajstić information content (AvgIpc) is 3.26. The predicted molar refractivity (Wildman–Crippen MR) is 96.5 cm³/mol. The third kappa shape index (κ3) is 3.10. The molecule has 4 rings (SSSR count). The molecule has 0 saturated carbocycles. The molecule has 0 aliphatic carbocycles. The van der Waals surface area contributed by atoms with Gasteiger partial charge in [-0.2, -0.15) is 0 Å². The molecule has 3 N–H and O–H groups in total. The van der Waals surface area contributed by atoms with Crippen LogP contribution in [0.15, 0.2) is 41.3 Å². The lowest BCUT2D eigenvalue weighted by Gasteiger charge is -2.24. The molecule has 2 aromatic heterocycles. The Kier molecular flexibility index (Phi) is 3.93. The molecule has 25 heavy (non-hydrogen) atoms. The van der Waals surface area contributed by atoms with Crippen LogP contribution in [0.3, 0.4) is 0 Å². The Labute approximate surface area is 144 Å². The van der Waals surface area contributed by atoms with Gasteiger partial charge in [-0.1, -0.05) is 0 Å². The van der Waals surface area contributed by atoms with Crippen molar-refractivity contribution in [2.45, 2.75) is 18.9 Å². The Morgan fingerprint density at radius 1 is 1.28 bits per heavy atom.